The van der Waals surface area contributed by atoms with Crippen LogP contribution in [0.2, 0.25) is 0 Å². The van der Waals surface area contributed by atoms with Crippen LogP contribution in [-0.2, 0) is 0 Å². The van der Waals surface area contributed by atoms with E-state index in [9.17, 15) is 4.79 Å². The maximum atomic E-state index is 12.7. The second-order valence-corrected chi connectivity index (χ2v) is 7.13. The van der Waals surface area contributed by atoms with Crippen molar-refractivity contribution in [3.8, 4) is 0 Å². The van der Waals surface area contributed by atoms with Gasteiger partial charge in [0.1, 0.15) is 17.8 Å². The van der Waals surface area contributed by atoms with Gasteiger partial charge in [-0.25, -0.2) is 9.97 Å². The number of likely N-dealkylation sites (tertiary alicyclic amines) is 1. The number of rotatable bonds is 4. The van der Waals surface area contributed by atoms with Crippen LogP contribution in [0, 0.1) is 6.92 Å². The number of nitrogens with one attached hydrogen (secondary N) is 1. The largest absolute Gasteiger partial charge is 0.356 e. The third-order valence-electron chi connectivity index (χ3n) is 5.28. The van der Waals surface area contributed by atoms with Crippen molar-refractivity contribution in [2.24, 2.45) is 0 Å². The first-order chi connectivity index (χ1) is 12.1. The minimum Gasteiger partial charge on any atom is -0.356 e. The van der Waals surface area contributed by atoms with Crippen LogP contribution in [0.25, 0.3) is 0 Å². The van der Waals surface area contributed by atoms with Gasteiger partial charge in [0.25, 0.3) is 5.91 Å². The number of aromatic amines is 1. The molecule has 132 valence electrons. The molecule has 2 aromatic heterocycles. The first-order valence-electron chi connectivity index (χ1n) is 8.98. The molecule has 7 nitrogen and oxygen atoms in total. The molecule has 1 N–H and O–H groups in total. The third kappa shape index (κ3) is 3.36. The summed E-state index contributed by atoms with van der Waals surface area (Å²) in [6.07, 6.45) is 5.89. The van der Waals surface area contributed by atoms with E-state index >= 15 is 0 Å². The Labute approximate surface area is 147 Å². The standard InChI is InChI=1S/C18H24N6O/c1-12-9-17(20-11-19-12)23(2)14-5-7-24(8-6-14)18(25)16-10-15(21-22-16)13-3-4-13/h9-11,13-14H,3-8H2,1-2H3,(H,21,22). The third-order valence-corrected chi connectivity index (χ3v) is 5.28. The maximum Gasteiger partial charge on any atom is 0.274 e. The fourth-order valence-electron chi connectivity index (χ4n) is 3.49. The number of carbonyl (C=O) groups excluding carboxylic acids is 1. The summed E-state index contributed by atoms with van der Waals surface area (Å²) in [7, 11) is 2.07. The second kappa shape index (κ2) is 6.46. The summed E-state index contributed by atoms with van der Waals surface area (Å²) in [5, 5.41) is 7.24. The number of hydrogen-bond acceptors (Lipinski definition) is 5. The summed E-state index contributed by atoms with van der Waals surface area (Å²) in [6, 6.07) is 4.32. The molecular weight excluding hydrogens is 316 g/mol. The molecule has 1 saturated carbocycles. The highest BCUT2D eigenvalue weighted by molar-refractivity contribution is 5.92. The number of H-pyrrole nitrogens is 1. The number of hydrogen-bond donors (Lipinski definition) is 1. The number of carbonyl (C=O) groups is 1. The molecule has 4 rings (SSSR count). The van der Waals surface area contributed by atoms with Gasteiger partial charge in [0.05, 0.1) is 0 Å². The summed E-state index contributed by atoms with van der Waals surface area (Å²) < 4.78 is 0. The van der Waals surface area contributed by atoms with E-state index in [4.69, 9.17) is 0 Å². The molecule has 1 aliphatic carbocycles. The lowest BCUT2D eigenvalue weighted by Crippen LogP contribution is -2.46. The lowest BCUT2D eigenvalue weighted by Gasteiger charge is -2.37. The van der Waals surface area contributed by atoms with Gasteiger partial charge in [0.15, 0.2) is 0 Å². The van der Waals surface area contributed by atoms with Crippen LogP contribution in [0.1, 0.15) is 53.5 Å². The van der Waals surface area contributed by atoms with Gasteiger partial charge in [-0.2, -0.15) is 5.10 Å². The summed E-state index contributed by atoms with van der Waals surface area (Å²) in [6.45, 7) is 3.48. The number of aryl methyl sites for hydroxylation is 1. The lowest BCUT2D eigenvalue weighted by molar-refractivity contribution is 0.0707. The Morgan fingerprint density at radius 3 is 2.64 bits per heavy atom. The van der Waals surface area contributed by atoms with E-state index in [0.717, 1.165) is 43.1 Å². The molecule has 1 amide bonds. The molecule has 3 heterocycles. The molecule has 0 aromatic carbocycles. The van der Waals surface area contributed by atoms with Crippen LogP contribution in [0.15, 0.2) is 18.5 Å². The number of piperidine rings is 1. The fraction of sp³-hybridized carbons (Fsp3) is 0.556. The summed E-state index contributed by atoms with van der Waals surface area (Å²) >= 11 is 0. The molecule has 0 spiro atoms. The molecule has 7 heteroatoms. The van der Waals surface area contributed by atoms with Gasteiger partial charge in [-0.15, -0.1) is 0 Å². The minimum absolute atomic E-state index is 0.0436. The Morgan fingerprint density at radius 2 is 1.96 bits per heavy atom. The normalized spacial score (nSPS) is 18.4. The van der Waals surface area contributed by atoms with Crippen LogP contribution in [-0.4, -0.2) is 57.2 Å². The number of aromatic nitrogens is 4. The molecule has 2 aromatic rings. The quantitative estimate of drug-likeness (QED) is 0.922. The Hall–Kier alpha value is -2.44. The lowest BCUT2D eigenvalue weighted by atomic mass is 10.0. The Morgan fingerprint density at radius 1 is 1.20 bits per heavy atom. The Balaban J connectivity index is 1.36. The van der Waals surface area contributed by atoms with Crippen molar-refractivity contribution in [2.75, 3.05) is 25.0 Å². The van der Waals surface area contributed by atoms with Crippen molar-refractivity contribution in [2.45, 2.75) is 44.6 Å². The highest BCUT2D eigenvalue weighted by Gasteiger charge is 2.30. The van der Waals surface area contributed by atoms with Gasteiger partial charge in [-0.05, 0) is 38.7 Å². The molecule has 2 aliphatic rings. The van der Waals surface area contributed by atoms with E-state index in [1.165, 1.54) is 12.8 Å². The van der Waals surface area contributed by atoms with Crippen LogP contribution >= 0.6 is 0 Å². The monoisotopic (exact) mass is 340 g/mol. The van der Waals surface area contributed by atoms with E-state index in [1.54, 1.807) is 6.33 Å². The Kier molecular flexibility index (Phi) is 4.15. The predicted octanol–water partition coefficient (Wildman–Crippen LogP) is 2.13. The maximum absolute atomic E-state index is 12.7. The summed E-state index contributed by atoms with van der Waals surface area (Å²) in [4.78, 5) is 25.3. The highest BCUT2D eigenvalue weighted by Crippen LogP contribution is 2.39. The minimum atomic E-state index is 0.0436. The average Bonchev–Trinajstić information content (AvgIpc) is 3.37. The van der Waals surface area contributed by atoms with E-state index in [0.29, 0.717) is 17.7 Å². The van der Waals surface area contributed by atoms with Gasteiger partial charge in [-0.1, -0.05) is 0 Å². The highest BCUT2D eigenvalue weighted by atomic mass is 16.2. The second-order valence-electron chi connectivity index (χ2n) is 7.13. The molecular formula is C18H24N6O. The number of anilines is 1. The van der Waals surface area contributed by atoms with Crippen molar-refractivity contribution in [3.05, 3.63) is 35.5 Å². The summed E-state index contributed by atoms with van der Waals surface area (Å²) in [5.74, 6) is 1.57. The number of amides is 1. The van der Waals surface area contributed by atoms with Gasteiger partial charge >= 0.3 is 0 Å². The van der Waals surface area contributed by atoms with E-state index in [-0.39, 0.29) is 5.91 Å². The van der Waals surface area contributed by atoms with Crippen LogP contribution in [0.4, 0.5) is 5.82 Å². The molecule has 0 bridgehead atoms. The number of nitrogens with zero attached hydrogens (tertiary/aromatic N) is 5. The molecule has 1 saturated heterocycles. The smallest absolute Gasteiger partial charge is 0.274 e. The van der Waals surface area contributed by atoms with Gasteiger partial charge in [0, 0.05) is 49.6 Å². The van der Waals surface area contributed by atoms with Crippen LogP contribution < -0.4 is 4.90 Å². The predicted molar refractivity (Wildman–Crippen MR) is 94.7 cm³/mol. The van der Waals surface area contributed by atoms with Crippen molar-refractivity contribution < 1.29 is 4.79 Å². The van der Waals surface area contributed by atoms with Gasteiger partial charge in [-0.3, -0.25) is 9.89 Å². The van der Waals surface area contributed by atoms with Crippen LogP contribution in [0.5, 0.6) is 0 Å². The SMILES string of the molecule is Cc1cc(N(C)C2CCN(C(=O)c3cc(C4CC4)[nH]n3)CC2)ncn1. The van der Waals surface area contributed by atoms with E-state index < -0.39 is 0 Å². The van der Waals surface area contributed by atoms with E-state index in [2.05, 4.69) is 32.1 Å². The van der Waals surface area contributed by atoms with E-state index in [1.807, 2.05) is 24.0 Å². The van der Waals surface area contributed by atoms with Crippen molar-refractivity contribution in [1.82, 2.24) is 25.1 Å². The Bertz CT molecular complexity index is 760. The molecule has 0 radical (unpaired) electrons. The fourth-order valence-corrected chi connectivity index (χ4v) is 3.49. The van der Waals surface area contributed by atoms with Crippen molar-refractivity contribution >= 4 is 11.7 Å². The van der Waals surface area contributed by atoms with Gasteiger partial charge in [0.2, 0.25) is 0 Å². The molecule has 0 atom stereocenters. The zero-order valence-electron chi connectivity index (χ0n) is 14.8. The average molecular weight is 340 g/mol. The molecule has 25 heavy (non-hydrogen) atoms. The van der Waals surface area contributed by atoms with Crippen molar-refractivity contribution in [1.29, 1.82) is 0 Å². The van der Waals surface area contributed by atoms with Gasteiger partial charge < -0.3 is 9.80 Å². The molecule has 1 aliphatic heterocycles. The molecule has 0 unspecified atom stereocenters. The van der Waals surface area contributed by atoms with Crippen LogP contribution in [0.3, 0.4) is 0 Å². The first-order valence-corrected chi connectivity index (χ1v) is 8.98. The summed E-state index contributed by atoms with van der Waals surface area (Å²) in [5.41, 5.74) is 2.63. The molecule has 2 fully saturated rings. The first kappa shape index (κ1) is 16.1. The zero-order chi connectivity index (χ0) is 17.4. The zero-order valence-corrected chi connectivity index (χ0v) is 14.8. The topological polar surface area (TPSA) is 78.0 Å². The van der Waals surface area contributed by atoms with Crippen molar-refractivity contribution in [3.63, 3.8) is 0 Å².